The van der Waals surface area contributed by atoms with Crippen LogP contribution in [0.15, 0.2) is 30.3 Å². The molecule has 1 aromatic carbocycles. The molecule has 0 bridgehead atoms. The van der Waals surface area contributed by atoms with E-state index in [1.54, 1.807) is 0 Å². The minimum Gasteiger partial charge on any atom is -0.492 e. The summed E-state index contributed by atoms with van der Waals surface area (Å²) in [5.74, 6) is 0.892. The van der Waals surface area contributed by atoms with Gasteiger partial charge in [0.05, 0.1) is 18.1 Å². The lowest BCUT2D eigenvalue weighted by atomic mass is 10.0. The summed E-state index contributed by atoms with van der Waals surface area (Å²) in [6.45, 7) is 6.40. The molecule has 0 aliphatic carbocycles. The fourth-order valence-corrected chi connectivity index (χ4v) is 2.75. The molecular formula is C18H24N4O. The molecule has 0 saturated carbocycles. The molecule has 0 unspecified atom stereocenters. The number of para-hydroxylation sites is 1. The van der Waals surface area contributed by atoms with Crippen molar-refractivity contribution < 1.29 is 4.74 Å². The lowest BCUT2D eigenvalue weighted by Gasteiger charge is -2.35. The third-order valence-electron chi connectivity index (χ3n) is 4.15. The van der Waals surface area contributed by atoms with Crippen LogP contribution < -0.4 is 4.74 Å². The quantitative estimate of drug-likeness (QED) is 0.736. The Balaban J connectivity index is 1.62. The summed E-state index contributed by atoms with van der Waals surface area (Å²) < 4.78 is 5.73. The van der Waals surface area contributed by atoms with E-state index < -0.39 is 0 Å². The van der Waals surface area contributed by atoms with Crippen molar-refractivity contribution in [1.29, 1.82) is 10.5 Å². The first-order valence-corrected chi connectivity index (χ1v) is 8.21. The Kier molecular flexibility index (Phi) is 7.39. The van der Waals surface area contributed by atoms with Crippen LogP contribution in [-0.2, 0) is 0 Å². The van der Waals surface area contributed by atoms with E-state index in [1.807, 2.05) is 30.3 Å². The van der Waals surface area contributed by atoms with Crippen LogP contribution in [0.25, 0.3) is 0 Å². The third kappa shape index (κ3) is 6.28. The van der Waals surface area contributed by atoms with E-state index in [4.69, 9.17) is 15.3 Å². The highest BCUT2D eigenvalue weighted by Gasteiger charge is 2.19. The smallest absolute Gasteiger partial charge is 0.119 e. The van der Waals surface area contributed by atoms with Gasteiger partial charge in [0.2, 0.25) is 0 Å². The molecule has 1 heterocycles. The topological polar surface area (TPSA) is 63.3 Å². The van der Waals surface area contributed by atoms with Crippen molar-refractivity contribution in [2.45, 2.75) is 12.8 Å². The Hall–Kier alpha value is -2.08. The molecule has 5 nitrogen and oxygen atoms in total. The van der Waals surface area contributed by atoms with E-state index in [0.717, 1.165) is 45.0 Å². The zero-order valence-corrected chi connectivity index (χ0v) is 13.5. The number of piperazine rings is 1. The van der Waals surface area contributed by atoms with Gasteiger partial charge in [-0.1, -0.05) is 18.2 Å². The van der Waals surface area contributed by atoms with Crippen molar-refractivity contribution in [3.8, 4) is 17.9 Å². The SMILES string of the molecule is N#CCC[C@H](C#N)CN1CCN(CCOc2ccccc2)CC1. The maximum absolute atomic E-state index is 9.15. The van der Waals surface area contributed by atoms with Gasteiger partial charge >= 0.3 is 0 Å². The fourth-order valence-electron chi connectivity index (χ4n) is 2.75. The van der Waals surface area contributed by atoms with Gasteiger partial charge in [-0.25, -0.2) is 0 Å². The number of hydrogen-bond acceptors (Lipinski definition) is 5. The Bertz CT molecular complexity index is 526. The van der Waals surface area contributed by atoms with Gasteiger partial charge in [-0.3, -0.25) is 9.80 Å². The molecule has 1 fully saturated rings. The van der Waals surface area contributed by atoms with Crippen molar-refractivity contribution in [2.75, 3.05) is 45.9 Å². The predicted octanol–water partition coefficient (Wildman–Crippen LogP) is 2.13. The minimum absolute atomic E-state index is 0.0254. The molecule has 1 aromatic rings. The van der Waals surface area contributed by atoms with E-state index in [-0.39, 0.29) is 5.92 Å². The summed E-state index contributed by atoms with van der Waals surface area (Å²) in [4.78, 5) is 4.73. The fraction of sp³-hybridized carbons (Fsp3) is 0.556. The van der Waals surface area contributed by atoms with Crippen molar-refractivity contribution in [3.63, 3.8) is 0 Å². The average molecular weight is 312 g/mol. The van der Waals surface area contributed by atoms with Gasteiger partial charge in [-0.05, 0) is 18.6 Å². The van der Waals surface area contributed by atoms with E-state index in [0.29, 0.717) is 19.4 Å². The molecule has 0 amide bonds. The third-order valence-corrected chi connectivity index (χ3v) is 4.15. The molecule has 0 radical (unpaired) electrons. The highest BCUT2D eigenvalue weighted by Crippen LogP contribution is 2.11. The molecule has 0 aromatic heterocycles. The molecular weight excluding hydrogens is 288 g/mol. The number of nitrogens with zero attached hydrogens (tertiary/aromatic N) is 4. The van der Waals surface area contributed by atoms with Crippen molar-refractivity contribution in [3.05, 3.63) is 30.3 Å². The second-order valence-electron chi connectivity index (χ2n) is 5.83. The molecule has 1 saturated heterocycles. The summed E-state index contributed by atoms with van der Waals surface area (Å²) >= 11 is 0. The molecule has 2 rings (SSSR count). The number of hydrogen-bond donors (Lipinski definition) is 0. The molecule has 0 spiro atoms. The standard InChI is InChI=1S/C18H24N4O/c19-8-4-5-17(15-20)16-22-11-9-21(10-12-22)13-14-23-18-6-2-1-3-7-18/h1-3,6-7,17H,4-5,9-14,16H2/t17-/m1/s1. The monoisotopic (exact) mass is 312 g/mol. The summed E-state index contributed by atoms with van der Waals surface area (Å²) in [6.07, 6.45) is 1.15. The molecule has 1 aliphatic rings. The highest BCUT2D eigenvalue weighted by molar-refractivity contribution is 5.20. The molecule has 122 valence electrons. The van der Waals surface area contributed by atoms with Crippen LogP contribution in [0.1, 0.15) is 12.8 Å². The van der Waals surface area contributed by atoms with Crippen molar-refractivity contribution in [2.24, 2.45) is 5.92 Å². The van der Waals surface area contributed by atoms with E-state index >= 15 is 0 Å². The summed E-state index contributed by atoms with van der Waals surface area (Å²) in [6, 6.07) is 14.3. The molecule has 0 N–H and O–H groups in total. The number of rotatable bonds is 8. The molecule has 1 aliphatic heterocycles. The van der Waals surface area contributed by atoms with Crippen LogP contribution in [0.4, 0.5) is 0 Å². The number of benzene rings is 1. The van der Waals surface area contributed by atoms with Gasteiger partial charge in [0, 0.05) is 45.7 Å². The molecule has 5 heteroatoms. The van der Waals surface area contributed by atoms with Crippen LogP contribution in [0.2, 0.25) is 0 Å². The first-order chi connectivity index (χ1) is 11.3. The minimum atomic E-state index is -0.0254. The van der Waals surface area contributed by atoms with Crippen LogP contribution in [0, 0.1) is 28.6 Å². The largest absolute Gasteiger partial charge is 0.492 e. The summed E-state index contributed by atoms with van der Waals surface area (Å²) in [5, 5.41) is 17.8. The first kappa shape index (κ1) is 17.3. The summed E-state index contributed by atoms with van der Waals surface area (Å²) in [7, 11) is 0. The Morgan fingerprint density at radius 2 is 1.74 bits per heavy atom. The Labute approximate surface area is 138 Å². The van der Waals surface area contributed by atoms with E-state index in [1.165, 1.54) is 0 Å². The van der Waals surface area contributed by atoms with Gasteiger partial charge < -0.3 is 4.74 Å². The average Bonchev–Trinajstić information content (AvgIpc) is 2.61. The van der Waals surface area contributed by atoms with Crippen LogP contribution >= 0.6 is 0 Å². The van der Waals surface area contributed by atoms with Gasteiger partial charge in [-0.15, -0.1) is 0 Å². The zero-order valence-electron chi connectivity index (χ0n) is 13.5. The zero-order chi connectivity index (χ0) is 16.3. The number of ether oxygens (including phenoxy) is 1. The van der Waals surface area contributed by atoms with Crippen LogP contribution in [-0.4, -0.2) is 55.7 Å². The normalized spacial score (nSPS) is 17.1. The Morgan fingerprint density at radius 3 is 2.39 bits per heavy atom. The van der Waals surface area contributed by atoms with E-state index in [9.17, 15) is 0 Å². The first-order valence-electron chi connectivity index (χ1n) is 8.21. The predicted molar refractivity (Wildman–Crippen MR) is 88.8 cm³/mol. The maximum atomic E-state index is 9.15. The second kappa shape index (κ2) is 9.84. The Morgan fingerprint density at radius 1 is 1.04 bits per heavy atom. The summed E-state index contributed by atoms with van der Waals surface area (Å²) in [5.41, 5.74) is 0. The van der Waals surface area contributed by atoms with E-state index in [2.05, 4.69) is 21.9 Å². The second-order valence-corrected chi connectivity index (χ2v) is 5.83. The molecule has 1 atom stereocenters. The maximum Gasteiger partial charge on any atom is 0.119 e. The van der Waals surface area contributed by atoms with Crippen molar-refractivity contribution in [1.82, 2.24) is 9.80 Å². The number of nitriles is 2. The molecule has 23 heavy (non-hydrogen) atoms. The van der Waals surface area contributed by atoms with Gasteiger partial charge in [-0.2, -0.15) is 10.5 Å². The lowest BCUT2D eigenvalue weighted by molar-refractivity contribution is 0.110. The van der Waals surface area contributed by atoms with Gasteiger partial charge in [0.1, 0.15) is 12.4 Å². The van der Waals surface area contributed by atoms with Gasteiger partial charge in [0.25, 0.3) is 0 Å². The van der Waals surface area contributed by atoms with Crippen LogP contribution in [0.3, 0.4) is 0 Å². The van der Waals surface area contributed by atoms with Crippen LogP contribution in [0.5, 0.6) is 5.75 Å². The van der Waals surface area contributed by atoms with Crippen molar-refractivity contribution >= 4 is 0 Å². The highest BCUT2D eigenvalue weighted by atomic mass is 16.5. The lowest BCUT2D eigenvalue weighted by Crippen LogP contribution is -2.48. The van der Waals surface area contributed by atoms with Gasteiger partial charge in [0.15, 0.2) is 0 Å².